The molecule has 8 heteroatoms. The number of aliphatic carboxylic acids is 1. The third-order valence-electron chi connectivity index (χ3n) is 4.34. The first-order chi connectivity index (χ1) is 14.6. The molecule has 3 rings (SSSR count). The summed E-state index contributed by atoms with van der Waals surface area (Å²) in [6.07, 6.45) is 1.06. The molecule has 3 aromatic rings. The minimum atomic E-state index is -1.17. The maximum absolute atomic E-state index is 12.2. The van der Waals surface area contributed by atoms with Crippen molar-refractivity contribution in [1.82, 2.24) is 15.1 Å². The molecule has 1 unspecified atom stereocenters. The van der Waals surface area contributed by atoms with Gasteiger partial charge in [0.2, 0.25) is 0 Å². The zero-order valence-electron chi connectivity index (χ0n) is 17.5. The minimum absolute atomic E-state index is 0.0484. The van der Waals surface area contributed by atoms with Crippen LogP contribution in [0.1, 0.15) is 26.3 Å². The quantitative estimate of drug-likeness (QED) is 0.521. The molecule has 0 saturated carbocycles. The predicted octanol–water partition coefficient (Wildman–Crippen LogP) is 4.82. The molecular formula is C23H24BrN3O4. The molecule has 0 spiro atoms. The van der Waals surface area contributed by atoms with Crippen molar-refractivity contribution in [2.45, 2.75) is 38.8 Å². The number of aromatic nitrogens is 2. The lowest BCUT2D eigenvalue weighted by Gasteiger charge is -2.22. The Labute approximate surface area is 189 Å². The van der Waals surface area contributed by atoms with Crippen molar-refractivity contribution < 1.29 is 19.4 Å². The number of nitrogens with one attached hydrogen (secondary N) is 1. The largest absolute Gasteiger partial charge is 0.480 e. The van der Waals surface area contributed by atoms with Crippen molar-refractivity contribution in [3.63, 3.8) is 0 Å². The van der Waals surface area contributed by atoms with E-state index in [2.05, 4.69) is 21.2 Å². The summed E-state index contributed by atoms with van der Waals surface area (Å²) in [7, 11) is 0. The van der Waals surface area contributed by atoms with Crippen LogP contribution in [0.25, 0.3) is 16.9 Å². The summed E-state index contributed by atoms with van der Waals surface area (Å²) in [6, 6.07) is 16.0. The van der Waals surface area contributed by atoms with E-state index in [1.165, 1.54) is 0 Å². The second kappa shape index (κ2) is 9.34. The fraction of sp³-hybridized carbons (Fsp3) is 0.261. The third kappa shape index (κ3) is 6.18. The summed E-state index contributed by atoms with van der Waals surface area (Å²) in [5.41, 5.74) is 2.30. The van der Waals surface area contributed by atoms with Gasteiger partial charge in [0, 0.05) is 28.2 Å². The molecule has 0 aliphatic rings. The normalized spacial score (nSPS) is 12.3. The average Bonchev–Trinajstić information content (AvgIpc) is 3.11. The number of benzene rings is 2. The molecule has 2 N–H and O–H groups in total. The van der Waals surface area contributed by atoms with Gasteiger partial charge < -0.3 is 15.2 Å². The van der Waals surface area contributed by atoms with E-state index in [9.17, 15) is 14.7 Å². The van der Waals surface area contributed by atoms with Gasteiger partial charge in [-0.15, -0.1) is 0 Å². The van der Waals surface area contributed by atoms with E-state index in [1.807, 2.05) is 54.6 Å². The van der Waals surface area contributed by atoms with Crippen LogP contribution in [0.15, 0.2) is 65.3 Å². The highest BCUT2D eigenvalue weighted by molar-refractivity contribution is 9.10. The van der Waals surface area contributed by atoms with E-state index in [4.69, 9.17) is 9.84 Å². The molecule has 1 amide bonds. The summed E-state index contributed by atoms with van der Waals surface area (Å²) < 4.78 is 7.85. The summed E-state index contributed by atoms with van der Waals surface area (Å²) in [6.45, 7) is 5.16. The maximum Gasteiger partial charge on any atom is 0.408 e. The fourth-order valence-corrected chi connectivity index (χ4v) is 3.26. The lowest BCUT2D eigenvalue weighted by atomic mass is 10.0. The number of alkyl carbamates (subject to hydrolysis) is 1. The summed E-state index contributed by atoms with van der Waals surface area (Å²) >= 11 is 3.42. The summed E-state index contributed by atoms with van der Waals surface area (Å²) in [5.74, 6) is -1.15. The van der Waals surface area contributed by atoms with Crippen LogP contribution in [-0.4, -0.2) is 38.6 Å². The Balaban J connectivity index is 1.95. The van der Waals surface area contributed by atoms with Gasteiger partial charge in [-0.3, -0.25) is 0 Å². The second-order valence-electron chi connectivity index (χ2n) is 8.03. The van der Waals surface area contributed by atoms with Crippen LogP contribution in [0, 0.1) is 0 Å². The van der Waals surface area contributed by atoms with Crippen molar-refractivity contribution in [2.24, 2.45) is 0 Å². The molecule has 0 bridgehead atoms. The van der Waals surface area contributed by atoms with Crippen molar-refractivity contribution in [3.05, 3.63) is 70.8 Å². The Bertz CT molecular complexity index is 1060. The van der Waals surface area contributed by atoms with E-state index < -0.39 is 23.7 Å². The molecule has 2 aromatic carbocycles. The van der Waals surface area contributed by atoms with E-state index in [0.717, 1.165) is 15.7 Å². The molecule has 1 atom stereocenters. The maximum atomic E-state index is 12.2. The number of carboxylic acids is 1. The van der Waals surface area contributed by atoms with Crippen LogP contribution in [0.3, 0.4) is 0 Å². The number of halogens is 1. The van der Waals surface area contributed by atoms with Crippen LogP contribution in [0.4, 0.5) is 4.79 Å². The Morgan fingerprint density at radius 1 is 1.13 bits per heavy atom. The van der Waals surface area contributed by atoms with Crippen LogP contribution in [-0.2, 0) is 16.0 Å². The monoisotopic (exact) mass is 485 g/mol. The van der Waals surface area contributed by atoms with Gasteiger partial charge in [-0.2, -0.15) is 5.10 Å². The van der Waals surface area contributed by atoms with E-state index >= 15 is 0 Å². The number of hydrogen-bond acceptors (Lipinski definition) is 4. The van der Waals surface area contributed by atoms with Gasteiger partial charge in [0.25, 0.3) is 0 Å². The standard InChI is InChI=1S/C23H24BrN3O4/c1-23(2,3)31-22(30)25-19(21(28)29)13-16-14-27(18-7-5-4-6-8-18)26-20(16)15-9-11-17(24)12-10-15/h4-12,14,19H,13H2,1-3H3,(H,25,30)(H,28,29). The van der Waals surface area contributed by atoms with Gasteiger partial charge in [-0.05, 0) is 45.0 Å². The Morgan fingerprint density at radius 2 is 1.77 bits per heavy atom. The predicted molar refractivity (Wildman–Crippen MR) is 121 cm³/mol. The molecule has 162 valence electrons. The number of nitrogens with zero attached hydrogens (tertiary/aromatic N) is 2. The van der Waals surface area contributed by atoms with Gasteiger partial charge in [-0.1, -0.05) is 46.3 Å². The molecule has 0 saturated heterocycles. The molecule has 0 aliphatic heterocycles. The summed E-state index contributed by atoms with van der Waals surface area (Å²) in [4.78, 5) is 24.0. The topological polar surface area (TPSA) is 93.5 Å². The number of para-hydroxylation sites is 1. The lowest BCUT2D eigenvalue weighted by Crippen LogP contribution is -2.44. The third-order valence-corrected chi connectivity index (χ3v) is 4.87. The first-order valence-corrected chi connectivity index (χ1v) is 10.5. The Morgan fingerprint density at radius 3 is 2.35 bits per heavy atom. The van der Waals surface area contributed by atoms with Crippen LogP contribution >= 0.6 is 15.9 Å². The van der Waals surface area contributed by atoms with Gasteiger partial charge in [0.05, 0.1) is 11.4 Å². The minimum Gasteiger partial charge on any atom is -0.480 e. The number of ether oxygens (including phenoxy) is 1. The van der Waals surface area contributed by atoms with Crippen LogP contribution in [0.5, 0.6) is 0 Å². The number of carboxylic acid groups (broad SMARTS) is 1. The second-order valence-corrected chi connectivity index (χ2v) is 8.95. The van der Waals surface area contributed by atoms with Gasteiger partial charge in [-0.25, -0.2) is 14.3 Å². The molecule has 0 fully saturated rings. The zero-order valence-corrected chi connectivity index (χ0v) is 19.1. The number of hydrogen-bond donors (Lipinski definition) is 2. The fourth-order valence-electron chi connectivity index (χ4n) is 2.99. The van der Waals surface area contributed by atoms with Crippen molar-refractivity contribution >= 4 is 28.0 Å². The van der Waals surface area contributed by atoms with Crippen LogP contribution in [0.2, 0.25) is 0 Å². The number of rotatable bonds is 6. The number of amides is 1. The number of carbonyl (C=O) groups is 2. The first kappa shape index (κ1) is 22.6. The lowest BCUT2D eigenvalue weighted by molar-refractivity contribution is -0.139. The Kier molecular flexibility index (Phi) is 6.80. The molecule has 1 heterocycles. The molecule has 1 aromatic heterocycles. The SMILES string of the molecule is CC(C)(C)OC(=O)NC(Cc1cn(-c2ccccc2)nc1-c1ccc(Br)cc1)C(=O)O. The summed E-state index contributed by atoms with van der Waals surface area (Å²) in [5, 5.41) is 16.8. The molecule has 0 radical (unpaired) electrons. The highest BCUT2D eigenvalue weighted by atomic mass is 79.9. The molecule has 0 aliphatic carbocycles. The first-order valence-electron chi connectivity index (χ1n) is 9.74. The Hall–Kier alpha value is -3.13. The highest BCUT2D eigenvalue weighted by Gasteiger charge is 2.26. The zero-order chi connectivity index (χ0) is 22.6. The van der Waals surface area contributed by atoms with Crippen LogP contribution < -0.4 is 5.32 Å². The smallest absolute Gasteiger partial charge is 0.408 e. The van der Waals surface area contributed by atoms with Crippen molar-refractivity contribution in [1.29, 1.82) is 0 Å². The van der Waals surface area contributed by atoms with Gasteiger partial charge >= 0.3 is 12.1 Å². The molecule has 31 heavy (non-hydrogen) atoms. The molecular weight excluding hydrogens is 462 g/mol. The average molecular weight is 486 g/mol. The van der Waals surface area contributed by atoms with Gasteiger partial charge in [0.15, 0.2) is 0 Å². The van der Waals surface area contributed by atoms with E-state index in [1.54, 1.807) is 31.6 Å². The number of carbonyl (C=O) groups excluding carboxylic acids is 1. The van der Waals surface area contributed by atoms with E-state index in [0.29, 0.717) is 11.3 Å². The highest BCUT2D eigenvalue weighted by Crippen LogP contribution is 2.26. The van der Waals surface area contributed by atoms with Crippen molar-refractivity contribution in [2.75, 3.05) is 0 Å². The van der Waals surface area contributed by atoms with Crippen molar-refractivity contribution in [3.8, 4) is 16.9 Å². The van der Waals surface area contributed by atoms with Gasteiger partial charge in [0.1, 0.15) is 11.6 Å². The van der Waals surface area contributed by atoms with E-state index in [-0.39, 0.29) is 6.42 Å². The molecule has 7 nitrogen and oxygen atoms in total.